The summed E-state index contributed by atoms with van der Waals surface area (Å²) in [5.41, 5.74) is 1.39. The lowest BCUT2D eigenvalue weighted by Crippen LogP contribution is -2.11. The molecule has 0 unspecified atom stereocenters. The van der Waals surface area contributed by atoms with Crippen molar-refractivity contribution in [3.8, 4) is 0 Å². The molecule has 90 valence electrons. The van der Waals surface area contributed by atoms with Gasteiger partial charge in [-0.3, -0.25) is 4.79 Å². The Morgan fingerprint density at radius 1 is 1.39 bits per heavy atom. The van der Waals surface area contributed by atoms with Gasteiger partial charge in [0.25, 0.3) is 5.56 Å². The van der Waals surface area contributed by atoms with E-state index in [1.165, 1.54) is 0 Å². The Morgan fingerprint density at radius 3 is 2.89 bits per heavy atom. The van der Waals surface area contributed by atoms with Crippen LogP contribution in [0.1, 0.15) is 12.7 Å². The van der Waals surface area contributed by atoms with Gasteiger partial charge >= 0.3 is 0 Å². The highest BCUT2D eigenvalue weighted by molar-refractivity contribution is 5.80. The molecule has 0 saturated carbocycles. The Hall–Kier alpha value is -2.42. The highest BCUT2D eigenvalue weighted by Crippen LogP contribution is 2.13. The van der Waals surface area contributed by atoms with Gasteiger partial charge in [-0.2, -0.15) is 0 Å². The van der Waals surface area contributed by atoms with Crippen LogP contribution < -0.4 is 5.56 Å². The first-order valence-electron chi connectivity index (χ1n) is 5.71. The van der Waals surface area contributed by atoms with Crippen molar-refractivity contribution >= 4 is 16.5 Å². The average Bonchev–Trinajstić information content (AvgIpc) is 2.38. The van der Waals surface area contributed by atoms with Gasteiger partial charge in [-0.15, -0.1) is 0 Å². The van der Waals surface area contributed by atoms with Crippen molar-refractivity contribution in [1.82, 2.24) is 9.97 Å². The van der Waals surface area contributed by atoms with Crippen molar-refractivity contribution in [2.75, 3.05) is 0 Å². The van der Waals surface area contributed by atoms with Crippen LogP contribution in [0.5, 0.6) is 0 Å². The first kappa shape index (κ1) is 12.0. The van der Waals surface area contributed by atoms with E-state index in [2.05, 4.69) is 16.5 Å². The zero-order valence-electron chi connectivity index (χ0n) is 10.2. The summed E-state index contributed by atoms with van der Waals surface area (Å²) in [4.78, 5) is 19.2. The van der Waals surface area contributed by atoms with Gasteiger partial charge in [0.15, 0.2) is 0 Å². The fourth-order valence-corrected chi connectivity index (χ4v) is 1.74. The third kappa shape index (κ3) is 2.30. The second kappa shape index (κ2) is 5.27. The topological polar surface area (TPSA) is 45.8 Å². The molecule has 3 heteroatoms. The third-order valence-corrected chi connectivity index (χ3v) is 2.53. The van der Waals surface area contributed by atoms with Gasteiger partial charge in [0.05, 0.1) is 10.9 Å². The molecule has 1 aromatic carbocycles. The number of benzene rings is 1. The van der Waals surface area contributed by atoms with Gasteiger partial charge in [0.1, 0.15) is 5.82 Å². The molecule has 3 nitrogen and oxygen atoms in total. The third-order valence-electron chi connectivity index (χ3n) is 2.53. The lowest BCUT2D eigenvalue weighted by Gasteiger charge is -2.03. The molecule has 0 spiro atoms. The lowest BCUT2D eigenvalue weighted by atomic mass is 10.2. The van der Waals surface area contributed by atoms with Crippen LogP contribution in [0.15, 0.2) is 59.9 Å². The Bertz CT molecular complexity index is 693. The highest BCUT2D eigenvalue weighted by atomic mass is 16.1. The molecule has 0 saturated heterocycles. The SMILES string of the molecule is C=C/C=C(\C=CC)c1nc2ccccc2c(=O)[nH]1. The number of aromatic nitrogens is 2. The summed E-state index contributed by atoms with van der Waals surface area (Å²) >= 11 is 0. The molecule has 0 radical (unpaired) electrons. The smallest absolute Gasteiger partial charge is 0.259 e. The number of nitrogens with zero attached hydrogens (tertiary/aromatic N) is 1. The van der Waals surface area contributed by atoms with Gasteiger partial charge in [-0.25, -0.2) is 4.98 Å². The molecule has 0 bridgehead atoms. The summed E-state index contributed by atoms with van der Waals surface area (Å²) in [5.74, 6) is 0.553. The van der Waals surface area contributed by atoms with E-state index in [-0.39, 0.29) is 5.56 Å². The summed E-state index contributed by atoms with van der Waals surface area (Å²) in [6, 6.07) is 7.28. The summed E-state index contributed by atoms with van der Waals surface area (Å²) in [7, 11) is 0. The number of fused-ring (bicyclic) bond motifs is 1. The van der Waals surface area contributed by atoms with Crippen LogP contribution >= 0.6 is 0 Å². The number of para-hydroxylation sites is 1. The quantitative estimate of drug-likeness (QED) is 0.835. The molecule has 1 aromatic heterocycles. The predicted molar refractivity (Wildman–Crippen MR) is 75.4 cm³/mol. The van der Waals surface area contributed by atoms with Crippen molar-refractivity contribution in [3.05, 3.63) is 71.3 Å². The summed E-state index contributed by atoms with van der Waals surface area (Å²) in [6.45, 7) is 5.58. The van der Waals surface area contributed by atoms with E-state index in [1.807, 2.05) is 43.4 Å². The van der Waals surface area contributed by atoms with E-state index < -0.39 is 0 Å². The molecule has 0 aliphatic rings. The van der Waals surface area contributed by atoms with E-state index in [4.69, 9.17) is 0 Å². The van der Waals surface area contributed by atoms with E-state index in [1.54, 1.807) is 12.1 Å². The normalized spacial score (nSPS) is 12.2. The van der Waals surface area contributed by atoms with Crippen LogP contribution in [0.25, 0.3) is 16.5 Å². The second-order valence-corrected chi connectivity index (χ2v) is 3.79. The van der Waals surface area contributed by atoms with Gasteiger partial charge in [-0.05, 0) is 19.1 Å². The van der Waals surface area contributed by atoms with Crippen LogP contribution in [0.3, 0.4) is 0 Å². The molecule has 0 amide bonds. The summed E-state index contributed by atoms with van der Waals surface area (Å²) < 4.78 is 0. The fraction of sp³-hybridized carbons (Fsp3) is 0.0667. The minimum absolute atomic E-state index is 0.130. The number of rotatable bonds is 3. The second-order valence-electron chi connectivity index (χ2n) is 3.79. The van der Waals surface area contributed by atoms with Crippen molar-refractivity contribution in [1.29, 1.82) is 0 Å². The maximum atomic E-state index is 11.9. The molecule has 0 aliphatic carbocycles. The van der Waals surface area contributed by atoms with Crippen molar-refractivity contribution < 1.29 is 0 Å². The van der Waals surface area contributed by atoms with E-state index >= 15 is 0 Å². The minimum Gasteiger partial charge on any atom is -0.306 e. The fourth-order valence-electron chi connectivity index (χ4n) is 1.74. The van der Waals surface area contributed by atoms with Crippen molar-refractivity contribution in [2.24, 2.45) is 0 Å². The van der Waals surface area contributed by atoms with Crippen LogP contribution in [0.4, 0.5) is 0 Å². The number of nitrogens with one attached hydrogen (secondary N) is 1. The first-order valence-corrected chi connectivity index (χ1v) is 5.71. The number of hydrogen-bond acceptors (Lipinski definition) is 2. The monoisotopic (exact) mass is 238 g/mol. The lowest BCUT2D eigenvalue weighted by molar-refractivity contribution is 1.13. The number of H-pyrrole nitrogens is 1. The van der Waals surface area contributed by atoms with Gasteiger partial charge < -0.3 is 4.98 Å². The maximum Gasteiger partial charge on any atom is 0.259 e. The van der Waals surface area contributed by atoms with E-state index in [0.29, 0.717) is 16.7 Å². The molecular weight excluding hydrogens is 224 g/mol. The van der Waals surface area contributed by atoms with Crippen molar-refractivity contribution in [2.45, 2.75) is 6.92 Å². The maximum absolute atomic E-state index is 11.9. The number of hydrogen-bond donors (Lipinski definition) is 1. The largest absolute Gasteiger partial charge is 0.306 e. The number of allylic oxidation sites excluding steroid dienone is 5. The highest BCUT2D eigenvalue weighted by Gasteiger charge is 2.04. The molecule has 2 aromatic rings. The Morgan fingerprint density at radius 2 is 2.17 bits per heavy atom. The molecule has 0 fully saturated rings. The average molecular weight is 238 g/mol. The van der Waals surface area contributed by atoms with Gasteiger partial charge in [0.2, 0.25) is 0 Å². The van der Waals surface area contributed by atoms with Gasteiger partial charge in [0, 0.05) is 5.57 Å². The molecule has 18 heavy (non-hydrogen) atoms. The van der Waals surface area contributed by atoms with Gasteiger partial charge in [-0.1, -0.05) is 43.0 Å². The molecule has 1 heterocycles. The van der Waals surface area contributed by atoms with Crippen LogP contribution in [0.2, 0.25) is 0 Å². The molecule has 0 aliphatic heterocycles. The van der Waals surface area contributed by atoms with Crippen LogP contribution in [-0.4, -0.2) is 9.97 Å². The van der Waals surface area contributed by atoms with Crippen molar-refractivity contribution in [3.63, 3.8) is 0 Å². The molecule has 1 N–H and O–H groups in total. The zero-order valence-corrected chi connectivity index (χ0v) is 10.2. The first-order chi connectivity index (χ1) is 8.76. The molecular formula is C15H14N2O. The zero-order chi connectivity index (χ0) is 13.0. The van der Waals surface area contributed by atoms with E-state index in [9.17, 15) is 4.79 Å². The van der Waals surface area contributed by atoms with E-state index in [0.717, 1.165) is 5.57 Å². The molecule has 2 rings (SSSR count). The Labute approximate surface area is 105 Å². The van der Waals surface area contributed by atoms with Crippen LogP contribution in [0, 0.1) is 0 Å². The summed E-state index contributed by atoms with van der Waals surface area (Å²) in [5, 5.41) is 0.597. The predicted octanol–water partition coefficient (Wildman–Crippen LogP) is 3.07. The standard InChI is InChI=1S/C15H14N2O/c1-3-7-11(8-4-2)14-16-13-10-6-5-9-12(13)15(18)17-14/h3-10H,1H2,2H3,(H,16,17,18)/b8-4?,11-7+. The Balaban J connectivity index is 2.69. The molecule has 0 atom stereocenters. The summed E-state index contributed by atoms with van der Waals surface area (Å²) in [6.07, 6.45) is 7.26. The minimum atomic E-state index is -0.130. The Kier molecular flexibility index (Phi) is 3.53. The van der Waals surface area contributed by atoms with Crippen LogP contribution in [-0.2, 0) is 0 Å². The number of aromatic amines is 1.